The third kappa shape index (κ3) is 2.58. The van der Waals surface area contributed by atoms with Crippen LogP contribution < -0.4 is 0 Å². The molecular weight excluding hydrogens is 152 g/mol. The van der Waals surface area contributed by atoms with Crippen molar-refractivity contribution in [3.63, 3.8) is 0 Å². The molecule has 0 atom stereocenters. The third-order valence-electron chi connectivity index (χ3n) is 1.68. The zero-order valence-electron chi connectivity index (χ0n) is 7.32. The van der Waals surface area contributed by atoms with Gasteiger partial charge in [-0.2, -0.15) is 0 Å². The minimum absolute atomic E-state index is 0.208. The summed E-state index contributed by atoms with van der Waals surface area (Å²) in [5.74, 6) is 0.836. The quantitative estimate of drug-likeness (QED) is 0.724. The fourth-order valence-corrected chi connectivity index (χ4v) is 0.996. The molecule has 0 bridgehead atoms. The lowest BCUT2D eigenvalue weighted by Gasteiger charge is -1.99. The predicted octanol–water partition coefficient (Wildman–Crippen LogP) is 0.964. The van der Waals surface area contributed by atoms with Gasteiger partial charge in [-0.1, -0.05) is 6.92 Å². The Balaban J connectivity index is 2.60. The van der Waals surface area contributed by atoms with Gasteiger partial charge in [-0.3, -0.25) is 0 Å². The van der Waals surface area contributed by atoms with Crippen LogP contribution in [0.4, 0.5) is 0 Å². The van der Waals surface area contributed by atoms with E-state index in [0.29, 0.717) is 0 Å². The number of nitrogens with zero attached hydrogens (tertiary/aromatic N) is 2. The van der Waals surface area contributed by atoms with Crippen LogP contribution in [0.15, 0.2) is 12.3 Å². The lowest BCUT2D eigenvalue weighted by Crippen LogP contribution is -1.99. The fourth-order valence-electron chi connectivity index (χ4n) is 0.996. The van der Waals surface area contributed by atoms with Gasteiger partial charge in [-0.25, -0.2) is 9.97 Å². The SMILES string of the molecule is CCc1ccnc(CCCO)n1. The van der Waals surface area contributed by atoms with E-state index >= 15 is 0 Å². The van der Waals surface area contributed by atoms with Crippen molar-refractivity contribution >= 4 is 0 Å². The highest BCUT2D eigenvalue weighted by Crippen LogP contribution is 1.98. The maximum Gasteiger partial charge on any atom is 0.128 e. The molecule has 3 heteroatoms. The van der Waals surface area contributed by atoms with E-state index in [2.05, 4.69) is 16.9 Å². The number of rotatable bonds is 4. The van der Waals surface area contributed by atoms with E-state index in [1.807, 2.05) is 6.07 Å². The first-order valence-electron chi connectivity index (χ1n) is 4.28. The van der Waals surface area contributed by atoms with E-state index in [4.69, 9.17) is 5.11 Å². The Morgan fingerprint density at radius 1 is 1.50 bits per heavy atom. The van der Waals surface area contributed by atoms with Crippen molar-refractivity contribution in [2.75, 3.05) is 6.61 Å². The van der Waals surface area contributed by atoms with Crippen molar-refractivity contribution in [2.45, 2.75) is 26.2 Å². The summed E-state index contributed by atoms with van der Waals surface area (Å²) in [6.07, 6.45) is 4.23. The Hall–Kier alpha value is -0.960. The maximum atomic E-state index is 8.60. The first-order chi connectivity index (χ1) is 5.86. The molecule has 0 fully saturated rings. The normalized spacial score (nSPS) is 10.2. The van der Waals surface area contributed by atoms with Crippen LogP contribution in [-0.2, 0) is 12.8 Å². The molecular formula is C9H14N2O. The van der Waals surface area contributed by atoms with Crippen molar-refractivity contribution in [1.29, 1.82) is 0 Å². The molecule has 0 radical (unpaired) electrons. The van der Waals surface area contributed by atoms with Crippen LogP contribution in [0.1, 0.15) is 24.9 Å². The van der Waals surface area contributed by atoms with Gasteiger partial charge in [0.1, 0.15) is 5.82 Å². The Morgan fingerprint density at radius 3 is 3.00 bits per heavy atom. The molecule has 12 heavy (non-hydrogen) atoms. The minimum atomic E-state index is 0.208. The fraction of sp³-hybridized carbons (Fsp3) is 0.556. The second-order valence-corrected chi connectivity index (χ2v) is 2.64. The smallest absolute Gasteiger partial charge is 0.128 e. The Morgan fingerprint density at radius 2 is 2.33 bits per heavy atom. The average molecular weight is 166 g/mol. The van der Waals surface area contributed by atoms with Gasteiger partial charge in [0.05, 0.1) is 0 Å². The molecule has 1 aromatic rings. The number of aliphatic hydroxyl groups excluding tert-OH is 1. The topological polar surface area (TPSA) is 46.0 Å². The molecule has 0 unspecified atom stereocenters. The van der Waals surface area contributed by atoms with E-state index in [1.165, 1.54) is 0 Å². The van der Waals surface area contributed by atoms with Gasteiger partial charge >= 0.3 is 0 Å². The number of hydrogen-bond donors (Lipinski definition) is 1. The summed E-state index contributed by atoms with van der Waals surface area (Å²) in [7, 11) is 0. The third-order valence-corrected chi connectivity index (χ3v) is 1.68. The molecule has 1 N–H and O–H groups in total. The largest absolute Gasteiger partial charge is 0.396 e. The summed E-state index contributed by atoms with van der Waals surface area (Å²) in [6.45, 7) is 2.28. The molecule has 0 amide bonds. The highest BCUT2D eigenvalue weighted by atomic mass is 16.2. The van der Waals surface area contributed by atoms with E-state index in [1.54, 1.807) is 6.20 Å². The summed E-state index contributed by atoms with van der Waals surface area (Å²) >= 11 is 0. The van der Waals surface area contributed by atoms with Gasteiger partial charge < -0.3 is 5.11 Å². The molecule has 66 valence electrons. The Labute approximate surface area is 72.5 Å². The van der Waals surface area contributed by atoms with Crippen LogP contribution >= 0.6 is 0 Å². The van der Waals surface area contributed by atoms with Crippen LogP contribution in [0.5, 0.6) is 0 Å². The average Bonchev–Trinajstić information content (AvgIpc) is 2.15. The Kier molecular flexibility index (Phi) is 3.67. The van der Waals surface area contributed by atoms with E-state index in [-0.39, 0.29) is 6.61 Å². The highest BCUT2D eigenvalue weighted by Gasteiger charge is 1.96. The molecule has 0 saturated heterocycles. The second kappa shape index (κ2) is 4.83. The number of aliphatic hydroxyl groups is 1. The maximum absolute atomic E-state index is 8.60. The van der Waals surface area contributed by atoms with Gasteiger partial charge in [0.25, 0.3) is 0 Å². The summed E-state index contributed by atoms with van der Waals surface area (Å²) < 4.78 is 0. The first kappa shape index (κ1) is 9.13. The Bertz CT molecular complexity index is 238. The van der Waals surface area contributed by atoms with Crippen molar-refractivity contribution < 1.29 is 5.11 Å². The molecule has 0 spiro atoms. The number of hydrogen-bond acceptors (Lipinski definition) is 3. The van der Waals surface area contributed by atoms with Crippen molar-refractivity contribution in [1.82, 2.24) is 9.97 Å². The lowest BCUT2D eigenvalue weighted by molar-refractivity contribution is 0.287. The zero-order valence-corrected chi connectivity index (χ0v) is 7.32. The molecule has 0 aliphatic rings. The summed E-state index contributed by atoms with van der Waals surface area (Å²) in [6, 6.07) is 1.92. The standard InChI is InChI=1S/C9H14N2O/c1-2-8-5-6-10-9(11-8)4-3-7-12/h5-6,12H,2-4,7H2,1H3. The molecule has 1 rings (SSSR count). The summed E-state index contributed by atoms with van der Waals surface area (Å²) in [4.78, 5) is 8.41. The van der Waals surface area contributed by atoms with Crippen LogP contribution in [0.3, 0.4) is 0 Å². The zero-order chi connectivity index (χ0) is 8.81. The number of aromatic nitrogens is 2. The van der Waals surface area contributed by atoms with Crippen molar-refractivity contribution in [3.05, 3.63) is 23.8 Å². The van der Waals surface area contributed by atoms with E-state index < -0.39 is 0 Å². The predicted molar refractivity (Wildman–Crippen MR) is 46.8 cm³/mol. The summed E-state index contributed by atoms with van der Waals surface area (Å²) in [5.41, 5.74) is 1.07. The van der Waals surface area contributed by atoms with Gasteiger partial charge in [0, 0.05) is 24.9 Å². The van der Waals surface area contributed by atoms with Crippen molar-refractivity contribution in [3.8, 4) is 0 Å². The molecule has 0 aromatic carbocycles. The van der Waals surface area contributed by atoms with Crippen molar-refractivity contribution in [2.24, 2.45) is 0 Å². The second-order valence-electron chi connectivity index (χ2n) is 2.64. The van der Waals surface area contributed by atoms with Gasteiger partial charge in [-0.15, -0.1) is 0 Å². The van der Waals surface area contributed by atoms with Crippen LogP contribution in [0, 0.1) is 0 Å². The van der Waals surface area contributed by atoms with E-state index in [9.17, 15) is 0 Å². The molecule has 3 nitrogen and oxygen atoms in total. The van der Waals surface area contributed by atoms with Gasteiger partial charge in [-0.05, 0) is 18.9 Å². The van der Waals surface area contributed by atoms with Gasteiger partial charge in [0.2, 0.25) is 0 Å². The molecule has 1 aromatic heterocycles. The number of aryl methyl sites for hydroxylation is 2. The lowest BCUT2D eigenvalue weighted by atomic mass is 10.3. The molecule has 0 aliphatic heterocycles. The van der Waals surface area contributed by atoms with Crippen LogP contribution in [0.25, 0.3) is 0 Å². The molecule has 1 heterocycles. The molecule has 0 aliphatic carbocycles. The van der Waals surface area contributed by atoms with E-state index in [0.717, 1.165) is 30.8 Å². The van der Waals surface area contributed by atoms with Crippen LogP contribution in [0.2, 0.25) is 0 Å². The monoisotopic (exact) mass is 166 g/mol. The molecule has 0 saturated carbocycles. The first-order valence-corrected chi connectivity index (χ1v) is 4.28. The van der Waals surface area contributed by atoms with Crippen LogP contribution in [-0.4, -0.2) is 21.7 Å². The summed E-state index contributed by atoms with van der Waals surface area (Å²) in [5, 5.41) is 8.60. The highest BCUT2D eigenvalue weighted by molar-refractivity contribution is 5.01. The van der Waals surface area contributed by atoms with Gasteiger partial charge in [0.15, 0.2) is 0 Å². The minimum Gasteiger partial charge on any atom is -0.396 e.